The zero-order valence-corrected chi connectivity index (χ0v) is 13.4. The maximum absolute atomic E-state index is 5.55. The summed E-state index contributed by atoms with van der Waals surface area (Å²) in [4.78, 5) is 0. The summed E-state index contributed by atoms with van der Waals surface area (Å²) in [7, 11) is 1.82. The molecule has 0 amide bonds. The number of benzene rings is 2. The smallest absolute Gasteiger partial charge is 0.0652 e. The van der Waals surface area contributed by atoms with Gasteiger partial charge in [-0.05, 0) is 29.7 Å². The van der Waals surface area contributed by atoms with Crippen molar-refractivity contribution in [1.82, 2.24) is 5.32 Å². The van der Waals surface area contributed by atoms with Crippen molar-refractivity contribution >= 4 is 10.8 Å². The second-order valence-corrected chi connectivity index (χ2v) is 6.79. The molecule has 3 rings (SSSR count). The van der Waals surface area contributed by atoms with Crippen LogP contribution < -0.4 is 5.32 Å². The number of ether oxygens (including phenoxy) is 1. The highest BCUT2D eigenvalue weighted by Gasteiger charge is 2.48. The molecule has 2 heteroatoms. The Morgan fingerprint density at radius 1 is 1.14 bits per heavy atom. The van der Waals surface area contributed by atoms with Gasteiger partial charge in [-0.15, -0.1) is 0 Å². The Kier molecular flexibility index (Phi) is 3.76. The molecular formula is C19H25NO. The summed E-state index contributed by atoms with van der Waals surface area (Å²) in [6.07, 6.45) is 1.47. The fourth-order valence-corrected chi connectivity index (χ4v) is 3.59. The van der Waals surface area contributed by atoms with E-state index in [-0.39, 0.29) is 5.41 Å². The molecule has 0 aliphatic heterocycles. The molecule has 1 N–H and O–H groups in total. The Morgan fingerprint density at radius 2 is 1.86 bits per heavy atom. The summed E-state index contributed by atoms with van der Waals surface area (Å²) in [5.41, 5.74) is 1.58. The van der Waals surface area contributed by atoms with Gasteiger partial charge in [0.2, 0.25) is 0 Å². The standard InChI is InChI=1S/C19H25NO/c1-13(20-17-12-18(21-4)19(17,2)3)15-11-7-9-14-8-5-6-10-16(14)15/h5-11,13,17-18,20H,12H2,1-4H3. The summed E-state index contributed by atoms with van der Waals surface area (Å²) in [6, 6.07) is 16.0. The third-order valence-electron chi connectivity index (χ3n) is 5.20. The van der Waals surface area contributed by atoms with Crippen molar-refractivity contribution in [1.29, 1.82) is 0 Å². The monoisotopic (exact) mass is 283 g/mol. The quantitative estimate of drug-likeness (QED) is 0.903. The summed E-state index contributed by atoms with van der Waals surface area (Å²) in [5, 5.41) is 6.46. The lowest BCUT2D eigenvalue weighted by Gasteiger charge is -2.52. The maximum atomic E-state index is 5.55. The first kappa shape index (κ1) is 14.6. The van der Waals surface area contributed by atoms with E-state index in [1.54, 1.807) is 0 Å². The van der Waals surface area contributed by atoms with Crippen LogP contribution in [0.5, 0.6) is 0 Å². The van der Waals surface area contributed by atoms with Crippen molar-refractivity contribution in [2.45, 2.75) is 45.4 Å². The first-order chi connectivity index (χ1) is 10.0. The molecule has 3 atom stereocenters. The average Bonchev–Trinajstić information content (AvgIpc) is 2.50. The number of methoxy groups -OCH3 is 1. The van der Waals surface area contributed by atoms with E-state index in [4.69, 9.17) is 4.74 Å². The Balaban J connectivity index is 1.81. The highest BCUT2D eigenvalue weighted by molar-refractivity contribution is 5.86. The van der Waals surface area contributed by atoms with Gasteiger partial charge in [0.1, 0.15) is 0 Å². The van der Waals surface area contributed by atoms with E-state index in [0.717, 1.165) is 6.42 Å². The SMILES string of the molecule is COC1CC(NC(C)c2cccc3ccccc23)C1(C)C. The zero-order valence-electron chi connectivity index (χ0n) is 13.4. The predicted octanol–water partition coefficient (Wildman–Crippen LogP) is 4.30. The molecular weight excluding hydrogens is 258 g/mol. The lowest BCUT2D eigenvalue weighted by Crippen LogP contribution is -2.60. The molecule has 2 nitrogen and oxygen atoms in total. The van der Waals surface area contributed by atoms with Crippen LogP contribution in [-0.4, -0.2) is 19.3 Å². The molecule has 0 saturated heterocycles. The van der Waals surface area contributed by atoms with Crippen LogP contribution in [0.15, 0.2) is 42.5 Å². The molecule has 3 unspecified atom stereocenters. The van der Waals surface area contributed by atoms with Gasteiger partial charge in [0, 0.05) is 24.6 Å². The van der Waals surface area contributed by atoms with Crippen molar-refractivity contribution in [3.05, 3.63) is 48.0 Å². The van der Waals surface area contributed by atoms with Crippen molar-refractivity contribution in [3.8, 4) is 0 Å². The van der Waals surface area contributed by atoms with Crippen LogP contribution in [0.3, 0.4) is 0 Å². The molecule has 112 valence electrons. The molecule has 1 saturated carbocycles. The molecule has 0 radical (unpaired) electrons. The third kappa shape index (κ3) is 2.47. The van der Waals surface area contributed by atoms with Crippen LogP contribution in [0.4, 0.5) is 0 Å². The number of hydrogen-bond acceptors (Lipinski definition) is 2. The topological polar surface area (TPSA) is 21.3 Å². The van der Waals surface area contributed by atoms with Crippen molar-refractivity contribution < 1.29 is 4.74 Å². The minimum Gasteiger partial charge on any atom is -0.381 e. The largest absolute Gasteiger partial charge is 0.381 e. The lowest BCUT2D eigenvalue weighted by atomic mass is 9.64. The molecule has 0 aromatic heterocycles. The molecule has 0 bridgehead atoms. The number of hydrogen-bond donors (Lipinski definition) is 1. The van der Waals surface area contributed by atoms with Crippen LogP contribution in [-0.2, 0) is 4.74 Å². The van der Waals surface area contributed by atoms with Crippen LogP contribution in [0.2, 0.25) is 0 Å². The molecule has 1 aliphatic carbocycles. The Labute approximate surface area is 127 Å². The van der Waals surface area contributed by atoms with Gasteiger partial charge in [0.05, 0.1) is 6.10 Å². The van der Waals surface area contributed by atoms with E-state index in [1.807, 2.05) is 7.11 Å². The van der Waals surface area contributed by atoms with E-state index in [9.17, 15) is 0 Å². The lowest BCUT2D eigenvalue weighted by molar-refractivity contribution is -0.0998. The second-order valence-electron chi connectivity index (χ2n) is 6.79. The minimum atomic E-state index is 0.202. The summed E-state index contributed by atoms with van der Waals surface area (Å²) < 4.78 is 5.55. The predicted molar refractivity (Wildman–Crippen MR) is 88.5 cm³/mol. The molecule has 0 spiro atoms. The Bertz CT molecular complexity index is 629. The molecule has 21 heavy (non-hydrogen) atoms. The van der Waals surface area contributed by atoms with E-state index in [0.29, 0.717) is 18.2 Å². The highest BCUT2D eigenvalue weighted by atomic mass is 16.5. The Morgan fingerprint density at radius 3 is 2.57 bits per heavy atom. The van der Waals surface area contributed by atoms with E-state index in [2.05, 4.69) is 68.6 Å². The molecule has 2 aromatic carbocycles. The van der Waals surface area contributed by atoms with Crippen LogP contribution in [0, 0.1) is 5.41 Å². The minimum absolute atomic E-state index is 0.202. The molecule has 1 fully saturated rings. The van der Waals surface area contributed by atoms with E-state index >= 15 is 0 Å². The number of fused-ring (bicyclic) bond motifs is 1. The third-order valence-corrected chi connectivity index (χ3v) is 5.20. The first-order valence-corrected chi connectivity index (χ1v) is 7.80. The fourth-order valence-electron chi connectivity index (χ4n) is 3.59. The molecule has 1 aliphatic rings. The van der Waals surface area contributed by atoms with Gasteiger partial charge in [-0.25, -0.2) is 0 Å². The van der Waals surface area contributed by atoms with Crippen LogP contribution >= 0.6 is 0 Å². The van der Waals surface area contributed by atoms with Crippen LogP contribution in [0.25, 0.3) is 10.8 Å². The van der Waals surface area contributed by atoms with Crippen molar-refractivity contribution in [2.24, 2.45) is 5.41 Å². The first-order valence-electron chi connectivity index (χ1n) is 7.80. The normalized spacial score (nSPS) is 25.5. The Hall–Kier alpha value is -1.38. The summed E-state index contributed by atoms with van der Waals surface area (Å²) in [5.74, 6) is 0. The van der Waals surface area contributed by atoms with Gasteiger partial charge in [0.15, 0.2) is 0 Å². The van der Waals surface area contributed by atoms with Crippen molar-refractivity contribution in [3.63, 3.8) is 0 Å². The van der Waals surface area contributed by atoms with Gasteiger partial charge in [-0.1, -0.05) is 56.3 Å². The summed E-state index contributed by atoms with van der Waals surface area (Å²) >= 11 is 0. The van der Waals surface area contributed by atoms with Gasteiger partial charge in [0.25, 0.3) is 0 Å². The van der Waals surface area contributed by atoms with E-state index in [1.165, 1.54) is 16.3 Å². The zero-order chi connectivity index (χ0) is 15.0. The molecule has 0 heterocycles. The number of nitrogens with one attached hydrogen (secondary N) is 1. The van der Waals surface area contributed by atoms with Crippen LogP contribution in [0.1, 0.15) is 38.8 Å². The van der Waals surface area contributed by atoms with Gasteiger partial charge >= 0.3 is 0 Å². The number of rotatable bonds is 4. The highest BCUT2D eigenvalue weighted by Crippen LogP contribution is 2.43. The summed E-state index contributed by atoms with van der Waals surface area (Å²) in [6.45, 7) is 6.84. The van der Waals surface area contributed by atoms with Gasteiger partial charge < -0.3 is 10.1 Å². The fraction of sp³-hybridized carbons (Fsp3) is 0.474. The van der Waals surface area contributed by atoms with Gasteiger partial charge in [-0.3, -0.25) is 0 Å². The van der Waals surface area contributed by atoms with Gasteiger partial charge in [-0.2, -0.15) is 0 Å². The van der Waals surface area contributed by atoms with E-state index < -0.39 is 0 Å². The molecule has 2 aromatic rings. The second kappa shape index (κ2) is 5.43. The maximum Gasteiger partial charge on any atom is 0.0652 e. The average molecular weight is 283 g/mol. The van der Waals surface area contributed by atoms with Crippen molar-refractivity contribution in [2.75, 3.05) is 7.11 Å².